The van der Waals surface area contributed by atoms with Gasteiger partial charge in [-0.15, -0.1) is 11.3 Å². The zero-order valence-electron chi connectivity index (χ0n) is 27.3. The lowest BCUT2D eigenvalue weighted by molar-refractivity contribution is -0.123. The topological polar surface area (TPSA) is 78.3 Å². The van der Waals surface area contributed by atoms with Gasteiger partial charge >= 0.3 is 0 Å². The van der Waals surface area contributed by atoms with Crippen molar-refractivity contribution in [2.75, 3.05) is 32.1 Å². The number of nitrogens with zero attached hydrogens (tertiary/aromatic N) is 5. The Morgan fingerprint density at radius 2 is 1.86 bits per heavy atom. The summed E-state index contributed by atoms with van der Waals surface area (Å²) in [5, 5.41) is 14.3. The molecule has 2 atom stereocenters. The molecule has 2 unspecified atom stereocenters. The third-order valence-electron chi connectivity index (χ3n) is 9.41. The molecule has 8 nitrogen and oxygen atoms in total. The second-order valence-electron chi connectivity index (χ2n) is 13.1. The van der Waals surface area contributed by atoms with Crippen LogP contribution in [0.15, 0.2) is 42.0 Å². The van der Waals surface area contributed by atoms with Gasteiger partial charge in [-0.05, 0) is 58.3 Å². The molecule has 1 saturated carbocycles. The molecular weight excluding hydrogens is 567 g/mol. The molecule has 3 aromatic rings. The number of likely N-dealkylation sites (N-methyl/N-ethyl adjacent to an activating group) is 2. The Kier molecular flexibility index (Phi) is 11.9. The molecule has 1 aliphatic carbocycles. The molecule has 0 saturated heterocycles. The monoisotopic (exact) mass is 619 g/mol. The molecule has 0 radical (unpaired) electrons. The van der Waals surface area contributed by atoms with Gasteiger partial charge in [0.05, 0.1) is 24.7 Å². The lowest BCUT2D eigenvalue weighted by Gasteiger charge is -2.46. The van der Waals surface area contributed by atoms with Gasteiger partial charge < -0.3 is 20.4 Å². The van der Waals surface area contributed by atoms with Gasteiger partial charge in [0.2, 0.25) is 5.91 Å². The van der Waals surface area contributed by atoms with Gasteiger partial charge in [-0.3, -0.25) is 4.79 Å². The van der Waals surface area contributed by atoms with Crippen LogP contribution in [0.25, 0.3) is 0 Å². The maximum absolute atomic E-state index is 14.0. The zero-order valence-corrected chi connectivity index (χ0v) is 28.1. The van der Waals surface area contributed by atoms with E-state index in [-0.39, 0.29) is 23.9 Å². The van der Waals surface area contributed by atoms with E-state index >= 15 is 0 Å². The summed E-state index contributed by atoms with van der Waals surface area (Å²) in [6.07, 6.45) is 16.1. The first-order chi connectivity index (χ1) is 21.5. The van der Waals surface area contributed by atoms with Crippen molar-refractivity contribution < 1.29 is 4.79 Å². The number of fused-ring (bicyclic) bond motifs is 1. The number of thiazole rings is 1. The number of anilines is 1. The van der Waals surface area contributed by atoms with Crippen LogP contribution in [-0.2, 0) is 17.9 Å². The molecule has 0 spiro atoms. The molecule has 1 amide bonds. The van der Waals surface area contributed by atoms with Gasteiger partial charge in [-0.1, -0.05) is 69.2 Å². The van der Waals surface area contributed by atoms with Crippen LogP contribution in [-0.4, -0.2) is 58.8 Å². The van der Waals surface area contributed by atoms with Gasteiger partial charge in [0.15, 0.2) is 0 Å². The molecule has 0 bridgehead atoms. The molecule has 5 rings (SSSR count). The number of hydrogen-bond acceptors (Lipinski definition) is 7. The summed E-state index contributed by atoms with van der Waals surface area (Å²) < 4.78 is 2.19. The quantitative estimate of drug-likeness (QED) is 0.245. The highest BCUT2D eigenvalue weighted by molar-refractivity contribution is 7.09. The SMILES string of the molecule is CNCCN(C)Cc1cccc(C2CC(C(=O)NCc3nccs3)c3cnn(C(C)C)c3N2C2CCCCCCCCC2)c1. The molecular formula is C35H53N7OS. The van der Waals surface area contributed by atoms with Crippen LogP contribution in [0, 0.1) is 0 Å². The maximum atomic E-state index is 14.0. The van der Waals surface area contributed by atoms with Crippen molar-refractivity contribution in [1.82, 2.24) is 30.3 Å². The molecule has 1 aliphatic heterocycles. The minimum atomic E-state index is -0.264. The summed E-state index contributed by atoms with van der Waals surface area (Å²) in [5.74, 6) is 0.966. The highest BCUT2D eigenvalue weighted by Gasteiger charge is 2.42. The largest absolute Gasteiger partial charge is 0.349 e. The Hall–Kier alpha value is -2.75. The summed E-state index contributed by atoms with van der Waals surface area (Å²) >= 11 is 1.58. The Balaban J connectivity index is 1.54. The van der Waals surface area contributed by atoms with E-state index in [1.54, 1.807) is 17.5 Å². The molecule has 2 aliphatic rings. The first-order valence-corrected chi connectivity index (χ1v) is 17.8. The van der Waals surface area contributed by atoms with Gasteiger partial charge in [0.1, 0.15) is 10.8 Å². The number of carbonyl (C=O) groups excluding carboxylic acids is 1. The van der Waals surface area contributed by atoms with Crippen LogP contribution in [0.3, 0.4) is 0 Å². The Morgan fingerprint density at radius 3 is 2.55 bits per heavy atom. The van der Waals surface area contributed by atoms with Crippen molar-refractivity contribution in [2.24, 2.45) is 0 Å². The summed E-state index contributed by atoms with van der Waals surface area (Å²) in [6.45, 7) is 7.75. The minimum Gasteiger partial charge on any atom is -0.349 e. The average Bonchev–Trinajstić information content (AvgIpc) is 3.72. The van der Waals surface area contributed by atoms with E-state index in [1.165, 1.54) is 68.9 Å². The molecule has 2 N–H and O–H groups in total. The number of nitrogens with one attached hydrogen (secondary N) is 2. The van der Waals surface area contributed by atoms with Crippen LogP contribution < -0.4 is 15.5 Å². The summed E-state index contributed by atoms with van der Waals surface area (Å²) in [5.41, 5.74) is 3.70. The van der Waals surface area contributed by atoms with E-state index in [1.807, 2.05) is 18.6 Å². The highest BCUT2D eigenvalue weighted by atomic mass is 32.1. The van der Waals surface area contributed by atoms with E-state index in [4.69, 9.17) is 5.10 Å². The van der Waals surface area contributed by atoms with E-state index in [2.05, 4.69) is 75.3 Å². The lowest BCUT2D eigenvalue weighted by atomic mass is 9.82. The number of benzene rings is 1. The summed E-state index contributed by atoms with van der Waals surface area (Å²) in [7, 11) is 4.19. The number of hydrogen-bond donors (Lipinski definition) is 2. The second kappa shape index (κ2) is 16.0. The smallest absolute Gasteiger partial charge is 0.228 e. The Labute approximate surface area is 268 Å². The molecule has 1 aromatic carbocycles. The second-order valence-corrected chi connectivity index (χ2v) is 14.1. The number of rotatable bonds is 11. The summed E-state index contributed by atoms with van der Waals surface area (Å²) in [4.78, 5) is 23.5. The zero-order chi connectivity index (χ0) is 30.9. The van der Waals surface area contributed by atoms with Gasteiger partial charge in [-0.25, -0.2) is 9.67 Å². The first kappa shape index (κ1) is 32.6. The summed E-state index contributed by atoms with van der Waals surface area (Å²) in [6, 6.07) is 9.88. The van der Waals surface area contributed by atoms with Crippen molar-refractivity contribution in [3.05, 3.63) is 63.7 Å². The normalized spacial score (nSPS) is 20.2. The van der Waals surface area contributed by atoms with E-state index < -0.39 is 0 Å². The molecule has 3 heterocycles. The third kappa shape index (κ3) is 8.09. The van der Waals surface area contributed by atoms with Crippen LogP contribution in [0.2, 0.25) is 0 Å². The van der Waals surface area contributed by atoms with E-state index in [9.17, 15) is 4.79 Å². The van der Waals surface area contributed by atoms with Crippen LogP contribution >= 0.6 is 11.3 Å². The molecule has 9 heteroatoms. The van der Waals surface area contributed by atoms with Crippen LogP contribution in [0.5, 0.6) is 0 Å². The van der Waals surface area contributed by atoms with E-state index in [0.29, 0.717) is 12.6 Å². The van der Waals surface area contributed by atoms with Crippen LogP contribution in [0.1, 0.15) is 118 Å². The Morgan fingerprint density at radius 1 is 1.11 bits per heavy atom. The molecule has 1 fully saturated rings. The standard InChI is InChI=1S/C35H53N7OS/c1-26(2)42-35-31(23-39-42)30(34(43)38-24-33-37-18-20-44-33)22-32(41(35)29-15-10-8-6-5-7-9-11-16-29)28-14-12-13-27(21-28)25-40(4)19-17-36-3/h12-14,18,20-21,23,26,29-30,32,36H,5-11,15-17,19,22,24-25H2,1-4H3,(H,38,43). The number of aromatic nitrogens is 3. The van der Waals surface area contributed by atoms with E-state index in [0.717, 1.165) is 42.4 Å². The molecule has 240 valence electrons. The molecule has 44 heavy (non-hydrogen) atoms. The Bertz CT molecular complexity index is 1300. The van der Waals surface area contributed by atoms with Gasteiger partial charge in [-0.2, -0.15) is 5.10 Å². The molecule has 2 aromatic heterocycles. The highest BCUT2D eigenvalue weighted by Crippen LogP contribution is 2.48. The predicted octanol–water partition coefficient (Wildman–Crippen LogP) is 6.82. The first-order valence-electron chi connectivity index (χ1n) is 16.9. The van der Waals surface area contributed by atoms with Crippen molar-refractivity contribution in [3.63, 3.8) is 0 Å². The fourth-order valence-electron chi connectivity index (χ4n) is 7.13. The van der Waals surface area contributed by atoms with Crippen molar-refractivity contribution in [3.8, 4) is 0 Å². The fourth-order valence-corrected chi connectivity index (χ4v) is 7.68. The van der Waals surface area contributed by atoms with Crippen molar-refractivity contribution in [1.29, 1.82) is 0 Å². The minimum absolute atomic E-state index is 0.0725. The van der Waals surface area contributed by atoms with Crippen LogP contribution in [0.4, 0.5) is 5.82 Å². The average molecular weight is 620 g/mol. The van der Waals surface area contributed by atoms with Gasteiger partial charge in [0.25, 0.3) is 0 Å². The maximum Gasteiger partial charge on any atom is 0.228 e. The van der Waals surface area contributed by atoms with Crippen molar-refractivity contribution >= 4 is 23.1 Å². The third-order valence-corrected chi connectivity index (χ3v) is 10.2. The lowest BCUT2D eigenvalue weighted by Crippen LogP contribution is -2.46. The predicted molar refractivity (Wildman–Crippen MR) is 181 cm³/mol. The number of carbonyl (C=O) groups is 1. The van der Waals surface area contributed by atoms with Gasteiger partial charge in [0, 0.05) is 48.9 Å². The van der Waals surface area contributed by atoms with Crippen molar-refractivity contribution in [2.45, 2.75) is 115 Å². The number of amides is 1. The fraction of sp³-hybridized carbons (Fsp3) is 0.629.